The first-order valence-corrected chi connectivity index (χ1v) is 10.0. The second kappa shape index (κ2) is 14.7. The maximum Gasteiger partial charge on any atom is 0.411 e. The van der Waals surface area contributed by atoms with Crippen LogP contribution in [0.15, 0.2) is 29.3 Å². The van der Waals surface area contributed by atoms with Crippen LogP contribution in [0.1, 0.15) is 11.1 Å². The van der Waals surface area contributed by atoms with E-state index in [4.69, 9.17) is 0 Å². The lowest BCUT2D eigenvalue weighted by molar-refractivity contribution is -0.176. The van der Waals surface area contributed by atoms with Crippen LogP contribution in [0.25, 0.3) is 0 Å². The van der Waals surface area contributed by atoms with Gasteiger partial charge in [0.25, 0.3) is 0 Å². The summed E-state index contributed by atoms with van der Waals surface area (Å²) in [4.78, 5) is 17.7. The summed E-state index contributed by atoms with van der Waals surface area (Å²) in [5.74, 6) is 1.36. The fourth-order valence-corrected chi connectivity index (χ4v) is 2.27. The number of carbonyl (C=O) groups is 1. The first-order valence-electron chi connectivity index (χ1n) is 8.65. The minimum absolute atomic E-state index is 0. The van der Waals surface area contributed by atoms with E-state index in [1.54, 1.807) is 50.1 Å². The Morgan fingerprint density at radius 1 is 1.17 bits per heavy atom. The third-order valence-corrected chi connectivity index (χ3v) is 4.09. The highest BCUT2D eigenvalue weighted by Gasteiger charge is 2.27. The molecular formula is C18H28F3IN4O2S. The highest BCUT2D eigenvalue weighted by atomic mass is 127. The Morgan fingerprint density at radius 2 is 1.79 bits per heavy atom. The van der Waals surface area contributed by atoms with Crippen molar-refractivity contribution in [2.45, 2.75) is 19.3 Å². The predicted octanol–water partition coefficient (Wildman–Crippen LogP) is 2.87. The number of hydrogen-bond donors (Lipinski definition) is 2. The van der Waals surface area contributed by atoms with Crippen molar-refractivity contribution in [1.82, 2.24) is 15.5 Å². The zero-order valence-electron chi connectivity index (χ0n) is 16.7. The zero-order chi connectivity index (χ0) is 21.0. The molecule has 2 N–H and O–H groups in total. The van der Waals surface area contributed by atoms with Gasteiger partial charge in [0.05, 0.1) is 19.7 Å². The van der Waals surface area contributed by atoms with E-state index in [9.17, 15) is 18.0 Å². The molecule has 166 valence electrons. The summed E-state index contributed by atoms with van der Waals surface area (Å²) in [6.07, 6.45) is -2.32. The molecule has 1 rings (SSSR count). The van der Waals surface area contributed by atoms with E-state index in [2.05, 4.69) is 20.4 Å². The zero-order valence-corrected chi connectivity index (χ0v) is 19.9. The molecule has 1 amide bonds. The number of aliphatic imine (C=N–C) groups is 1. The van der Waals surface area contributed by atoms with Gasteiger partial charge in [0, 0.05) is 26.4 Å². The van der Waals surface area contributed by atoms with Crippen molar-refractivity contribution in [2.75, 3.05) is 45.8 Å². The highest BCUT2D eigenvalue weighted by Crippen LogP contribution is 2.16. The van der Waals surface area contributed by atoms with Crippen molar-refractivity contribution < 1.29 is 22.7 Å². The number of thioether (sulfide) groups is 1. The molecule has 0 saturated heterocycles. The molecule has 0 fully saturated rings. The van der Waals surface area contributed by atoms with Gasteiger partial charge >= 0.3 is 6.18 Å². The average Bonchev–Trinajstić information content (AvgIpc) is 2.63. The topological polar surface area (TPSA) is 66.0 Å². The molecule has 11 heteroatoms. The smallest absolute Gasteiger partial charge is 0.367 e. The van der Waals surface area contributed by atoms with Crippen LogP contribution in [0, 0.1) is 0 Å². The van der Waals surface area contributed by atoms with Gasteiger partial charge in [-0.2, -0.15) is 24.9 Å². The van der Waals surface area contributed by atoms with Crippen LogP contribution in [-0.2, 0) is 22.7 Å². The van der Waals surface area contributed by atoms with Crippen molar-refractivity contribution in [1.29, 1.82) is 0 Å². The summed E-state index contributed by atoms with van der Waals surface area (Å²) in [7, 11) is 3.37. The van der Waals surface area contributed by atoms with E-state index >= 15 is 0 Å². The van der Waals surface area contributed by atoms with Gasteiger partial charge in [0.1, 0.15) is 6.61 Å². The number of likely N-dealkylation sites (N-methyl/N-ethyl adjacent to an activating group) is 1. The number of guanidine groups is 1. The van der Waals surface area contributed by atoms with Gasteiger partial charge in [-0.1, -0.05) is 24.3 Å². The van der Waals surface area contributed by atoms with Crippen LogP contribution in [0.4, 0.5) is 13.2 Å². The molecular weight excluding hydrogens is 520 g/mol. The van der Waals surface area contributed by atoms with E-state index in [0.29, 0.717) is 24.6 Å². The quantitative estimate of drug-likeness (QED) is 0.204. The third kappa shape index (κ3) is 13.6. The van der Waals surface area contributed by atoms with Crippen LogP contribution in [0.2, 0.25) is 0 Å². The standard InChI is InChI=1S/C18H27F3N4O2S.HI/c1-25(2)16(26)11-24-17(22-8-9-28-3)23-10-14-4-6-15(7-5-14)12-27-13-18(19,20)21;/h4-7H,8-13H2,1-3H3,(H2,22,23,24);1H. The summed E-state index contributed by atoms with van der Waals surface area (Å²) >= 11 is 1.69. The Hall–Kier alpha value is -1.21. The molecule has 0 heterocycles. The molecule has 0 aromatic heterocycles. The Morgan fingerprint density at radius 3 is 2.34 bits per heavy atom. The molecule has 1 aromatic rings. The van der Waals surface area contributed by atoms with Gasteiger partial charge in [-0.15, -0.1) is 24.0 Å². The number of halogens is 4. The van der Waals surface area contributed by atoms with Gasteiger partial charge in [0.2, 0.25) is 5.91 Å². The van der Waals surface area contributed by atoms with Gasteiger partial charge in [-0.05, 0) is 17.4 Å². The summed E-state index contributed by atoms with van der Waals surface area (Å²) in [6, 6.07) is 7.01. The Kier molecular flexibility index (Phi) is 14.1. The molecule has 0 atom stereocenters. The van der Waals surface area contributed by atoms with Crippen molar-refractivity contribution in [3.8, 4) is 0 Å². The van der Waals surface area contributed by atoms with E-state index in [1.165, 1.54) is 4.90 Å². The van der Waals surface area contributed by atoms with Crippen LogP contribution in [0.3, 0.4) is 0 Å². The van der Waals surface area contributed by atoms with Crippen LogP contribution in [0.5, 0.6) is 0 Å². The SMILES string of the molecule is CSCCNC(=NCc1ccc(COCC(F)(F)F)cc1)NCC(=O)N(C)C.I. The number of benzene rings is 1. The molecule has 0 aliphatic carbocycles. The number of hydrogen-bond acceptors (Lipinski definition) is 4. The third-order valence-electron chi connectivity index (χ3n) is 3.48. The Balaban J connectivity index is 0.00000784. The van der Waals surface area contributed by atoms with E-state index in [1.807, 2.05) is 6.26 Å². The number of amides is 1. The van der Waals surface area contributed by atoms with Gasteiger partial charge in [0.15, 0.2) is 5.96 Å². The van der Waals surface area contributed by atoms with Crippen molar-refractivity contribution >= 4 is 47.6 Å². The molecule has 0 unspecified atom stereocenters. The molecule has 0 radical (unpaired) electrons. The van der Waals surface area contributed by atoms with Gasteiger partial charge < -0.3 is 20.3 Å². The first-order chi connectivity index (χ1) is 13.2. The number of nitrogens with one attached hydrogen (secondary N) is 2. The molecule has 6 nitrogen and oxygen atoms in total. The molecule has 0 aliphatic heterocycles. The number of nitrogens with zero attached hydrogens (tertiary/aromatic N) is 2. The molecule has 29 heavy (non-hydrogen) atoms. The largest absolute Gasteiger partial charge is 0.411 e. The highest BCUT2D eigenvalue weighted by molar-refractivity contribution is 14.0. The number of carbonyl (C=O) groups excluding carboxylic acids is 1. The lowest BCUT2D eigenvalue weighted by atomic mass is 10.1. The fraction of sp³-hybridized carbons (Fsp3) is 0.556. The monoisotopic (exact) mass is 548 g/mol. The van der Waals surface area contributed by atoms with Gasteiger partial charge in [-0.25, -0.2) is 4.99 Å². The summed E-state index contributed by atoms with van der Waals surface area (Å²) in [6.45, 7) is -0.152. The van der Waals surface area contributed by atoms with Gasteiger partial charge in [-0.3, -0.25) is 4.79 Å². The van der Waals surface area contributed by atoms with Crippen LogP contribution >= 0.6 is 35.7 Å². The Labute approximate surface area is 191 Å². The molecule has 0 saturated carbocycles. The van der Waals surface area contributed by atoms with E-state index in [0.717, 1.165) is 11.3 Å². The van der Waals surface area contributed by atoms with Crippen molar-refractivity contribution in [3.05, 3.63) is 35.4 Å². The van der Waals surface area contributed by atoms with E-state index < -0.39 is 12.8 Å². The second-order valence-corrected chi connectivity index (χ2v) is 7.14. The summed E-state index contributed by atoms with van der Waals surface area (Å²) in [5, 5.41) is 6.15. The van der Waals surface area contributed by atoms with Crippen molar-refractivity contribution in [2.24, 2.45) is 4.99 Å². The normalized spacial score (nSPS) is 11.6. The number of ether oxygens (including phenoxy) is 1. The number of rotatable bonds is 10. The molecule has 0 bridgehead atoms. The van der Waals surface area contributed by atoms with Crippen LogP contribution < -0.4 is 10.6 Å². The minimum Gasteiger partial charge on any atom is -0.367 e. The molecule has 1 aromatic carbocycles. The number of alkyl halides is 3. The molecule has 0 spiro atoms. The summed E-state index contributed by atoms with van der Waals surface area (Å²) in [5.41, 5.74) is 1.55. The first kappa shape index (κ1) is 27.8. The van der Waals surface area contributed by atoms with Crippen molar-refractivity contribution in [3.63, 3.8) is 0 Å². The lowest BCUT2D eigenvalue weighted by Gasteiger charge is -2.15. The lowest BCUT2D eigenvalue weighted by Crippen LogP contribution is -2.43. The molecule has 0 aliphatic rings. The second-order valence-electron chi connectivity index (χ2n) is 6.15. The van der Waals surface area contributed by atoms with E-state index in [-0.39, 0.29) is 43.0 Å². The average molecular weight is 548 g/mol. The maximum absolute atomic E-state index is 12.1. The fourth-order valence-electron chi connectivity index (χ4n) is 1.96. The Bertz CT molecular complexity index is 629. The minimum atomic E-state index is -4.32. The van der Waals surface area contributed by atoms with Crippen LogP contribution in [-0.4, -0.2) is 68.7 Å². The maximum atomic E-state index is 12.1. The predicted molar refractivity (Wildman–Crippen MR) is 122 cm³/mol. The summed E-state index contributed by atoms with van der Waals surface area (Å²) < 4.78 is 40.9.